The highest BCUT2D eigenvalue weighted by atomic mass is 16.2. The maximum atomic E-state index is 13.1. The molecule has 0 saturated carbocycles. The van der Waals surface area contributed by atoms with Crippen molar-refractivity contribution >= 4 is 47.8 Å². The number of nitrogens with one attached hydrogen (secondary N) is 2. The number of hydrazine groups is 1. The summed E-state index contributed by atoms with van der Waals surface area (Å²) in [4.78, 5) is 80.5. The molecule has 2 saturated heterocycles. The van der Waals surface area contributed by atoms with Gasteiger partial charge >= 0.3 is 12.1 Å². The van der Waals surface area contributed by atoms with Gasteiger partial charge in [0.2, 0.25) is 0 Å². The summed E-state index contributed by atoms with van der Waals surface area (Å²) in [6.07, 6.45) is 6.19. The van der Waals surface area contributed by atoms with Crippen LogP contribution in [0.1, 0.15) is 11.1 Å². The van der Waals surface area contributed by atoms with Crippen molar-refractivity contribution in [1.29, 1.82) is 0 Å². The number of imide groups is 4. The van der Waals surface area contributed by atoms with Gasteiger partial charge in [0.25, 0.3) is 23.6 Å². The number of amides is 8. The molecule has 2 N–H and O–H groups in total. The average molecular weight is 569 g/mol. The van der Waals surface area contributed by atoms with Crippen LogP contribution >= 0.6 is 0 Å². The van der Waals surface area contributed by atoms with E-state index in [1.54, 1.807) is 60.7 Å². The van der Waals surface area contributed by atoms with E-state index in [2.05, 4.69) is 10.9 Å². The van der Waals surface area contributed by atoms with Crippen molar-refractivity contribution in [3.05, 3.63) is 106 Å². The second-order valence-corrected chi connectivity index (χ2v) is 9.34. The summed E-state index contributed by atoms with van der Waals surface area (Å²) < 4.78 is 0. The molecule has 0 bridgehead atoms. The lowest BCUT2D eigenvalue weighted by molar-refractivity contribution is -0.136. The van der Waals surface area contributed by atoms with Gasteiger partial charge in [0, 0.05) is 28.2 Å². The van der Waals surface area contributed by atoms with Gasteiger partial charge in [-0.25, -0.2) is 9.59 Å². The van der Waals surface area contributed by atoms with Crippen LogP contribution in [0.4, 0.5) is 9.59 Å². The molecule has 8 amide bonds. The van der Waals surface area contributed by atoms with Crippen LogP contribution in [0.2, 0.25) is 0 Å². The summed E-state index contributed by atoms with van der Waals surface area (Å²) in [7, 11) is 4.99. The van der Waals surface area contributed by atoms with Crippen molar-refractivity contribution in [2.75, 3.05) is 28.2 Å². The van der Waals surface area contributed by atoms with Crippen molar-refractivity contribution in [2.24, 2.45) is 0 Å². The number of benzene rings is 2. The van der Waals surface area contributed by atoms with E-state index in [9.17, 15) is 28.8 Å². The zero-order valence-corrected chi connectivity index (χ0v) is 23.3. The number of hydrogen-bond donors (Lipinski definition) is 2. The fraction of sp³-hybridized carbons (Fsp3) is 0.133. The first-order valence-corrected chi connectivity index (χ1v) is 12.7. The van der Waals surface area contributed by atoms with Crippen LogP contribution in [0.5, 0.6) is 0 Å². The summed E-state index contributed by atoms with van der Waals surface area (Å²) in [5.74, 6) is -3.41. The fourth-order valence-corrected chi connectivity index (χ4v) is 4.11. The van der Waals surface area contributed by atoms with Crippen LogP contribution in [-0.4, -0.2) is 83.5 Å². The lowest BCUT2D eigenvalue weighted by Gasteiger charge is -2.31. The molecule has 2 heterocycles. The molecule has 0 aliphatic carbocycles. The second kappa shape index (κ2) is 12.2. The lowest BCUT2D eigenvalue weighted by Crippen LogP contribution is -2.55. The lowest BCUT2D eigenvalue weighted by atomic mass is 10.1. The topological polar surface area (TPSA) is 139 Å². The van der Waals surface area contributed by atoms with Gasteiger partial charge in [0.1, 0.15) is 11.1 Å². The number of likely N-dealkylation sites (N-methyl/N-ethyl adjacent to an activating group) is 4. The molecule has 2 aromatic carbocycles. The van der Waals surface area contributed by atoms with Gasteiger partial charge in [-0.05, 0) is 23.3 Å². The van der Waals surface area contributed by atoms with E-state index in [4.69, 9.17) is 0 Å². The van der Waals surface area contributed by atoms with Crippen LogP contribution < -0.4 is 10.9 Å². The zero-order valence-electron chi connectivity index (χ0n) is 23.3. The molecule has 2 fully saturated rings. The van der Waals surface area contributed by atoms with Crippen molar-refractivity contribution in [3.63, 3.8) is 0 Å². The summed E-state index contributed by atoms with van der Waals surface area (Å²) in [6.45, 7) is 0. The van der Waals surface area contributed by atoms with E-state index in [0.29, 0.717) is 0 Å². The van der Waals surface area contributed by atoms with E-state index in [1.165, 1.54) is 40.3 Å². The first-order valence-electron chi connectivity index (χ1n) is 12.7. The van der Waals surface area contributed by atoms with Gasteiger partial charge in [-0.2, -0.15) is 0 Å². The summed E-state index contributed by atoms with van der Waals surface area (Å²) in [5, 5.41) is 0. The minimum Gasteiger partial charge on any atom is -0.300 e. The number of urea groups is 2. The van der Waals surface area contributed by atoms with Gasteiger partial charge in [-0.3, -0.25) is 49.6 Å². The minimum atomic E-state index is -0.853. The highest BCUT2D eigenvalue weighted by Gasteiger charge is 2.41. The molecule has 0 radical (unpaired) electrons. The van der Waals surface area contributed by atoms with E-state index in [-0.39, 0.29) is 22.5 Å². The number of carbonyl (C=O) groups is 6. The van der Waals surface area contributed by atoms with Crippen LogP contribution in [0.3, 0.4) is 0 Å². The molecule has 0 unspecified atom stereocenters. The normalized spacial score (nSPS) is 16.4. The molecule has 2 aliphatic heterocycles. The van der Waals surface area contributed by atoms with Gasteiger partial charge in [0.05, 0.1) is 11.4 Å². The monoisotopic (exact) mass is 568 g/mol. The highest BCUT2D eigenvalue weighted by molar-refractivity contribution is 6.30. The molecule has 12 nitrogen and oxygen atoms in total. The van der Waals surface area contributed by atoms with E-state index in [1.807, 2.05) is 12.1 Å². The largest absolute Gasteiger partial charge is 0.333 e. The summed E-state index contributed by atoms with van der Waals surface area (Å²) >= 11 is 0. The number of nitrogens with zero attached hydrogens (tertiary/aromatic N) is 4. The van der Waals surface area contributed by atoms with Crippen molar-refractivity contribution < 1.29 is 28.8 Å². The molecule has 0 aromatic heterocycles. The Morgan fingerprint density at radius 2 is 0.786 bits per heavy atom. The van der Waals surface area contributed by atoms with Crippen molar-refractivity contribution in [2.45, 2.75) is 0 Å². The summed E-state index contributed by atoms with van der Waals surface area (Å²) in [5.41, 5.74) is 6.27. The molecule has 42 heavy (non-hydrogen) atoms. The fourth-order valence-electron chi connectivity index (χ4n) is 4.11. The first kappa shape index (κ1) is 29.2. The molecular formula is C30H28N6O6. The third-order valence-electron chi connectivity index (χ3n) is 6.58. The molecule has 4 rings (SSSR count). The predicted molar refractivity (Wildman–Crippen MR) is 153 cm³/mol. The Morgan fingerprint density at radius 1 is 0.500 bits per heavy atom. The number of allylic oxidation sites excluding steroid dienone is 2. The maximum Gasteiger partial charge on any atom is 0.333 e. The molecule has 2 aromatic rings. The third kappa shape index (κ3) is 5.72. The predicted octanol–water partition coefficient (Wildman–Crippen LogP) is 2.12. The smallest absolute Gasteiger partial charge is 0.300 e. The molecular weight excluding hydrogens is 540 g/mol. The quantitative estimate of drug-likeness (QED) is 0.294. The van der Waals surface area contributed by atoms with Crippen LogP contribution in [0, 0.1) is 0 Å². The standard InChI is InChI=1S/C30H28N6O6/c1-33-25(37)23(26(38)34(2)29(33)41)21(17-15-19-11-7-5-8-12-19)31-32-22(18-16-20-13-9-6-10-14-20)24-27(39)35(3)30(42)36(4)28(24)40/h5-18,31-32H,1-4H3/b17-15+,18-16+. The Hall–Kier alpha value is -5.78. The van der Waals surface area contributed by atoms with E-state index >= 15 is 0 Å². The Morgan fingerprint density at radius 3 is 1.07 bits per heavy atom. The van der Waals surface area contributed by atoms with E-state index in [0.717, 1.165) is 30.7 Å². The Labute approximate surface area is 241 Å². The van der Waals surface area contributed by atoms with Crippen LogP contribution in [-0.2, 0) is 19.2 Å². The SMILES string of the molecule is CN1C(=O)C(=C(/C=C/c2ccccc2)NNC(/C=C/c2ccccc2)=C2C(=O)N(C)C(=O)N(C)C2=O)C(=O)N(C)C1=O. The van der Waals surface area contributed by atoms with Gasteiger partial charge in [-0.1, -0.05) is 72.8 Å². The average Bonchev–Trinajstić information content (AvgIpc) is 3.01. The number of barbiturate groups is 2. The molecule has 2 aliphatic rings. The molecule has 214 valence electrons. The molecule has 12 heteroatoms. The van der Waals surface area contributed by atoms with Gasteiger partial charge in [-0.15, -0.1) is 0 Å². The Bertz CT molecular complexity index is 1420. The van der Waals surface area contributed by atoms with Crippen LogP contribution in [0.15, 0.2) is 95.4 Å². The number of carbonyl (C=O) groups excluding carboxylic acids is 6. The second-order valence-electron chi connectivity index (χ2n) is 9.34. The maximum absolute atomic E-state index is 13.1. The van der Waals surface area contributed by atoms with Crippen molar-refractivity contribution in [1.82, 2.24) is 30.5 Å². The molecule has 0 atom stereocenters. The Kier molecular flexibility index (Phi) is 8.46. The third-order valence-corrected chi connectivity index (χ3v) is 6.58. The van der Waals surface area contributed by atoms with Crippen molar-refractivity contribution in [3.8, 4) is 0 Å². The Balaban J connectivity index is 1.83. The number of hydrogen-bond acceptors (Lipinski definition) is 8. The van der Waals surface area contributed by atoms with E-state index < -0.39 is 35.7 Å². The van der Waals surface area contributed by atoms with Gasteiger partial charge < -0.3 is 0 Å². The number of rotatable bonds is 7. The highest BCUT2D eigenvalue weighted by Crippen LogP contribution is 2.21. The first-order chi connectivity index (χ1) is 20.0. The van der Waals surface area contributed by atoms with Crippen LogP contribution in [0.25, 0.3) is 12.2 Å². The molecule has 0 spiro atoms. The zero-order chi connectivity index (χ0) is 30.6. The minimum absolute atomic E-state index is 0.0419. The summed E-state index contributed by atoms with van der Waals surface area (Å²) in [6, 6.07) is 16.5. The van der Waals surface area contributed by atoms with Gasteiger partial charge in [0.15, 0.2) is 0 Å².